The number of hydrogen-bond donors (Lipinski definition) is 2. The average molecular weight is 301 g/mol. The highest BCUT2D eigenvalue weighted by atomic mass is 32.2. The molecule has 0 amide bonds. The van der Waals surface area contributed by atoms with Gasteiger partial charge in [-0.15, -0.1) is 0 Å². The highest BCUT2D eigenvalue weighted by Crippen LogP contribution is 2.45. The predicted molar refractivity (Wildman–Crippen MR) is 70.6 cm³/mol. The Morgan fingerprint density at radius 1 is 1.45 bits per heavy atom. The molecular formula is C13H16FNO4S. The molecule has 0 saturated heterocycles. The molecule has 20 heavy (non-hydrogen) atoms. The molecule has 1 atom stereocenters. The molecule has 0 aromatic heterocycles. The fourth-order valence-corrected chi connectivity index (χ4v) is 3.49. The van der Waals surface area contributed by atoms with Crippen LogP contribution in [0.4, 0.5) is 4.39 Å². The molecule has 5 nitrogen and oxygen atoms in total. The Morgan fingerprint density at radius 3 is 2.45 bits per heavy atom. The number of aromatic carboxylic acids is 1. The van der Waals surface area contributed by atoms with Crippen molar-refractivity contribution in [2.24, 2.45) is 5.41 Å². The van der Waals surface area contributed by atoms with Crippen LogP contribution in [0, 0.1) is 18.2 Å². The SMILES string of the molecule is Cc1cc(S(=O)(=O)NC2CC2(C)C)cc(C(=O)O)c1F. The zero-order valence-electron chi connectivity index (χ0n) is 11.4. The summed E-state index contributed by atoms with van der Waals surface area (Å²) >= 11 is 0. The normalized spacial score (nSPS) is 20.7. The minimum atomic E-state index is -3.84. The number of hydrogen-bond acceptors (Lipinski definition) is 3. The first kappa shape index (κ1) is 14.9. The van der Waals surface area contributed by atoms with Crippen LogP contribution in [0.5, 0.6) is 0 Å². The number of aryl methyl sites for hydroxylation is 1. The van der Waals surface area contributed by atoms with Gasteiger partial charge in [-0.3, -0.25) is 0 Å². The van der Waals surface area contributed by atoms with E-state index in [1.807, 2.05) is 13.8 Å². The molecule has 1 saturated carbocycles. The van der Waals surface area contributed by atoms with E-state index < -0.39 is 27.4 Å². The lowest BCUT2D eigenvalue weighted by molar-refractivity contribution is 0.0691. The third-order valence-corrected chi connectivity index (χ3v) is 5.03. The van der Waals surface area contributed by atoms with Gasteiger partial charge in [0, 0.05) is 6.04 Å². The Kier molecular flexibility index (Phi) is 3.38. The van der Waals surface area contributed by atoms with Gasteiger partial charge in [-0.25, -0.2) is 22.3 Å². The molecule has 0 heterocycles. The summed E-state index contributed by atoms with van der Waals surface area (Å²) in [5.41, 5.74) is -0.752. The summed E-state index contributed by atoms with van der Waals surface area (Å²) < 4.78 is 40.5. The second-order valence-corrected chi connectivity index (χ2v) is 7.49. The first-order valence-electron chi connectivity index (χ1n) is 6.10. The molecule has 1 aliphatic carbocycles. The first-order chi connectivity index (χ1) is 9.04. The number of halogens is 1. The Morgan fingerprint density at radius 2 is 2.00 bits per heavy atom. The lowest BCUT2D eigenvalue weighted by atomic mass is 10.1. The maximum absolute atomic E-state index is 13.6. The maximum Gasteiger partial charge on any atom is 0.338 e. The summed E-state index contributed by atoms with van der Waals surface area (Å²) in [6.07, 6.45) is 0.720. The van der Waals surface area contributed by atoms with Gasteiger partial charge >= 0.3 is 5.97 Å². The van der Waals surface area contributed by atoms with Gasteiger partial charge in [-0.2, -0.15) is 0 Å². The summed E-state index contributed by atoms with van der Waals surface area (Å²) in [4.78, 5) is 10.7. The quantitative estimate of drug-likeness (QED) is 0.890. The summed E-state index contributed by atoms with van der Waals surface area (Å²) in [6, 6.07) is 1.81. The Balaban J connectivity index is 2.40. The van der Waals surface area contributed by atoms with Crippen LogP contribution in [-0.4, -0.2) is 25.5 Å². The van der Waals surface area contributed by atoms with Crippen LogP contribution in [0.2, 0.25) is 0 Å². The number of carbonyl (C=O) groups is 1. The lowest BCUT2D eigenvalue weighted by Crippen LogP contribution is -2.29. The van der Waals surface area contributed by atoms with Crippen molar-refractivity contribution >= 4 is 16.0 Å². The zero-order valence-corrected chi connectivity index (χ0v) is 12.2. The summed E-state index contributed by atoms with van der Waals surface area (Å²) in [6.45, 7) is 5.19. The third-order valence-electron chi connectivity index (χ3n) is 3.58. The highest BCUT2D eigenvalue weighted by molar-refractivity contribution is 7.89. The first-order valence-corrected chi connectivity index (χ1v) is 7.59. The molecule has 0 spiro atoms. The summed E-state index contributed by atoms with van der Waals surface area (Å²) in [5.74, 6) is -2.40. The molecule has 2 N–H and O–H groups in total. The van der Waals surface area contributed by atoms with E-state index in [0.29, 0.717) is 0 Å². The summed E-state index contributed by atoms with van der Waals surface area (Å²) in [7, 11) is -3.84. The molecule has 110 valence electrons. The predicted octanol–water partition coefficient (Wildman–Crippen LogP) is 1.91. The molecule has 0 radical (unpaired) electrons. The largest absolute Gasteiger partial charge is 0.478 e. The van der Waals surface area contributed by atoms with E-state index in [2.05, 4.69) is 4.72 Å². The molecule has 1 aromatic rings. The molecule has 2 rings (SSSR count). The van der Waals surface area contributed by atoms with Gasteiger partial charge in [0.15, 0.2) is 0 Å². The van der Waals surface area contributed by atoms with E-state index in [4.69, 9.17) is 5.11 Å². The van der Waals surface area contributed by atoms with Crippen LogP contribution in [0.1, 0.15) is 36.2 Å². The van der Waals surface area contributed by atoms with Gasteiger partial charge in [-0.05, 0) is 36.5 Å². The molecule has 1 aromatic carbocycles. The van der Waals surface area contributed by atoms with Crippen molar-refractivity contribution in [1.82, 2.24) is 4.72 Å². The van der Waals surface area contributed by atoms with Crippen LogP contribution in [0.15, 0.2) is 17.0 Å². The molecule has 1 fully saturated rings. The van der Waals surface area contributed by atoms with Crippen molar-refractivity contribution in [1.29, 1.82) is 0 Å². The van der Waals surface area contributed by atoms with Gasteiger partial charge in [-0.1, -0.05) is 13.8 Å². The monoisotopic (exact) mass is 301 g/mol. The van der Waals surface area contributed by atoms with Crippen molar-refractivity contribution in [3.8, 4) is 0 Å². The Bertz CT molecular complexity index is 682. The van der Waals surface area contributed by atoms with Crippen LogP contribution in [0.3, 0.4) is 0 Å². The standard InChI is InChI=1S/C13H16FNO4S/c1-7-4-8(5-9(11(7)14)12(16)17)20(18,19)15-10-6-13(10,2)3/h4-5,10,15H,6H2,1-3H3,(H,16,17). The van der Waals surface area contributed by atoms with Crippen LogP contribution < -0.4 is 4.72 Å². The second kappa shape index (κ2) is 4.53. The number of carboxylic acid groups (broad SMARTS) is 1. The van der Waals surface area contributed by atoms with Crippen molar-refractivity contribution < 1.29 is 22.7 Å². The van der Waals surface area contributed by atoms with E-state index >= 15 is 0 Å². The second-order valence-electron chi connectivity index (χ2n) is 5.77. The van der Waals surface area contributed by atoms with Gasteiger partial charge in [0.2, 0.25) is 10.0 Å². The van der Waals surface area contributed by atoms with E-state index in [9.17, 15) is 17.6 Å². The lowest BCUT2D eigenvalue weighted by Gasteiger charge is -2.10. The summed E-state index contributed by atoms with van der Waals surface area (Å²) in [5, 5.41) is 8.90. The van der Waals surface area contributed by atoms with Gasteiger partial charge in [0.25, 0.3) is 0 Å². The minimum absolute atomic E-state index is 0.0136. The van der Waals surface area contributed by atoms with Crippen LogP contribution in [0.25, 0.3) is 0 Å². The maximum atomic E-state index is 13.6. The topological polar surface area (TPSA) is 83.5 Å². The number of sulfonamides is 1. The van der Waals surface area contributed by atoms with E-state index in [1.54, 1.807) is 0 Å². The van der Waals surface area contributed by atoms with Crippen LogP contribution >= 0.6 is 0 Å². The molecular weight excluding hydrogens is 285 g/mol. The zero-order chi connectivity index (χ0) is 15.3. The minimum Gasteiger partial charge on any atom is -0.478 e. The molecule has 0 bridgehead atoms. The number of nitrogens with one attached hydrogen (secondary N) is 1. The van der Waals surface area contributed by atoms with Crippen LogP contribution in [-0.2, 0) is 10.0 Å². The van der Waals surface area contributed by atoms with Crippen molar-refractivity contribution in [3.63, 3.8) is 0 Å². The highest BCUT2D eigenvalue weighted by Gasteiger charge is 2.48. The van der Waals surface area contributed by atoms with Crippen molar-refractivity contribution in [2.45, 2.75) is 38.1 Å². The number of carboxylic acids is 1. The van der Waals surface area contributed by atoms with Crippen molar-refractivity contribution in [3.05, 3.63) is 29.1 Å². The molecule has 1 aliphatic rings. The fraction of sp³-hybridized carbons (Fsp3) is 0.462. The third kappa shape index (κ3) is 2.69. The average Bonchev–Trinajstić information content (AvgIpc) is 2.87. The number of rotatable bonds is 4. The van der Waals surface area contributed by atoms with Gasteiger partial charge < -0.3 is 5.11 Å². The molecule has 0 aliphatic heterocycles. The van der Waals surface area contributed by atoms with Gasteiger partial charge in [0.05, 0.1) is 10.5 Å². The fourth-order valence-electron chi connectivity index (χ4n) is 1.97. The van der Waals surface area contributed by atoms with E-state index in [0.717, 1.165) is 18.6 Å². The van der Waals surface area contributed by atoms with E-state index in [1.165, 1.54) is 6.92 Å². The number of benzene rings is 1. The smallest absolute Gasteiger partial charge is 0.338 e. The van der Waals surface area contributed by atoms with Gasteiger partial charge in [0.1, 0.15) is 5.82 Å². The van der Waals surface area contributed by atoms with Crippen molar-refractivity contribution in [2.75, 3.05) is 0 Å². The molecule has 1 unspecified atom stereocenters. The van der Waals surface area contributed by atoms with E-state index in [-0.39, 0.29) is 21.9 Å². The molecule has 7 heteroatoms. The Labute approximate surface area is 116 Å². The Hall–Kier alpha value is -1.47.